The maximum Gasteiger partial charge on any atom is 0.119 e. The van der Waals surface area contributed by atoms with E-state index in [2.05, 4.69) is 39.4 Å². The second kappa shape index (κ2) is 6.31. The number of aromatic nitrogens is 2. The van der Waals surface area contributed by atoms with Crippen molar-refractivity contribution in [2.75, 3.05) is 6.61 Å². The third kappa shape index (κ3) is 3.85. The van der Waals surface area contributed by atoms with E-state index in [4.69, 9.17) is 4.74 Å². The van der Waals surface area contributed by atoms with E-state index in [1.165, 1.54) is 18.4 Å². The van der Waals surface area contributed by atoms with Gasteiger partial charge >= 0.3 is 0 Å². The van der Waals surface area contributed by atoms with Gasteiger partial charge in [0.1, 0.15) is 5.75 Å². The Morgan fingerprint density at radius 2 is 2.14 bits per heavy atom. The summed E-state index contributed by atoms with van der Waals surface area (Å²) in [4.78, 5) is 2.51. The van der Waals surface area contributed by atoms with Crippen LogP contribution < -0.4 is 4.74 Å². The summed E-state index contributed by atoms with van der Waals surface area (Å²) >= 11 is 0. The molecule has 0 aliphatic heterocycles. The van der Waals surface area contributed by atoms with Crippen molar-refractivity contribution in [3.8, 4) is 5.75 Å². The predicted molar refractivity (Wildman–Crippen MR) is 83.2 cm³/mol. The lowest BCUT2D eigenvalue weighted by Gasteiger charge is -2.21. The zero-order chi connectivity index (χ0) is 14.7. The van der Waals surface area contributed by atoms with Gasteiger partial charge in [0.15, 0.2) is 0 Å². The lowest BCUT2D eigenvalue weighted by atomic mass is 10.2. The molecule has 4 heteroatoms. The van der Waals surface area contributed by atoms with Gasteiger partial charge in [0.2, 0.25) is 0 Å². The van der Waals surface area contributed by atoms with E-state index in [1.54, 1.807) is 0 Å². The summed E-state index contributed by atoms with van der Waals surface area (Å²) in [6.45, 7) is 6.64. The molecule has 112 valence electrons. The van der Waals surface area contributed by atoms with Gasteiger partial charge in [0.25, 0.3) is 0 Å². The normalized spacial score (nSPS) is 14.6. The first kappa shape index (κ1) is 14.1. The molecule has 0 radical (unpaired) electrons. The van der Waals surface area contributed by atoms with Crippen molar-refractivity contribution in [2.45, 2.75) is 45.8 Å². The van der Waals surface area contributed by atoms with Gasteiger partial charge in [0.05, 0.1) is 12.3 Å². The molecule has 0 unspecified atom stereocenters. The molecule has 1 heterocycles. The third-order valence-electron chi connectivity index (χ3n) is 3.78. The predicted octanol–water partition coefficient (Wildman–Crippen LogP) is 3.28. The van der Waals surface area contributed by atoms with Gasteiger partial charge in [-0.25, -0.2) is 0 Å². The van der Waals surface area contributed by atoms with Crippen LogP contribution in [0.1, 0.15) is 36.7 Å². The van der Waals surface area contributed by atoms with Gasteiger partial charge in [-0.3, -0.25) is 10.00 Å². The maximum absolute atomic E-state index is 5.59. The standard InChI is InChI=1S/C17H23N3O/c1-3-21-17-6-4-5-14(10-17)11-20(16-7-8-16)12-15-9-13(2)18-19-15/h4-6,9-10,16H,3,7-8,11-12H2,1-2H3,(H,18,19). The van der Waals surface area contributed by atoms with Gasteiger partial charge in [-0.15, -0.1) is 0 Å². The van der Waals surface area contributed by atoms with Crippen LogP contribution in [0.2, 0.25) is 0 Å². The SMILES string of the molecule is CCOc1cccc(CN(Cc2cc(C)[nH]n2)C2CC2)c1. The Kier molecular flexibility index (Phi) is 4.25. The number of aryl methyl sites for hydroxylation is 1. The molecule has 1 aromatic heterocycles. The van der Waals surface area contributed by atoms with E-state index < -0.39 is 0 Å². The molecule has 0 atom stereocenters. The Hall–Kier alpha value is -1.81. The minimum Gasteiger partial charge on any atom is -0.494 e. The molecule has 0 spiro atoms. The first-order valence-electron chi connectivity index (χ1n) is 7.71. The van der Waals surface area contributed by atoms with Gasteiger partial charge in [0, 0.05) is 24.8 Å². The monoisotopic (exact) mass is 285 g/mol. The van der Waals surface area contributed by atoms with Crippen LogP contribution in [-0.2, 0) is 13.1 Å². The van der Waals surface area contributed by atoms with Crippen LogP contribution in [0.4, 0.5) is 0 Å². The number of nitrogens with one attached hydrogen (secondary N) is 1. The Balaban J connectivity index is 1.68. The number of hydrogen-bond donors (Lipinski definition) is 1. The smallest absolute Gasteiger partial charge is 0.119 e. The first-order valence-corrected chi connectivity index (χ1v) is 7.71. The Morgan fingerprint density at radius 3 is 2.81 bits per heavy atom. The topological polar surface area (TPSA) is 41.1 Å². The van der Waals surface area contributed by atoms with Crippen molar-refractivity contribution in [3.05, 3.63) is 47.3 Å². The molecule has 1 fully saturated rings. The molecule has 1 saturated carbocycles. The summed E-state index contributed by atoms with van der Waals surface area (Å²) in [5.74, 6) is 0.960. The van der Waals surface area contributed by atoms with E-state index in [0.29, 0.717) is 12.6 Å². The molecule has 0 amide bonds. The van der Waals surface area contributed by atoms with E-state index in [1.807, 2.05) is 19.9 Å². The zero-order valence-electron chi connectivity index (χ0n) is 12.8. The lowest BCUT2D eigenvalue weighted by Crippen LogP contribution is -2.25. The van der Waals surface area contributed by atoms with E-state index in [0.717, 1.165) is 30.2 Å². The number of benzene rings is 1. The Labute approximate surface area is 126 Å². The number of hydrogen-bond acceptors (Lipinski definition) is 3. The molecule has 4 nitrogen and oxygen atoms in total. The number of ether oxygens (including phenoxy) is 1. The van der Waals surface area contributed by atoms with Crippen molar-refractivity contribution >= 4 is 0 Å². The summed E-state index contributed by atoms with van der Waals surface area (Å²) in [7, 11) is 0. The van der Waals surface area contributed by atoms with E-state index in [-0.39, 0.29) is 0 Å². The highest BCUT2D eigenvalue weighted by Gasteiger charge is 2.29. The molecule has 0 saturated heterocycles. The minimum absolute atomic E-state index is 0.706. The average molecular weight is 285 g/mol. The lowest BCUT2D eigenvalue weighted by molar-refractivity contribution is 0.242. The Morgan fingerprint density at radius 1 is 1.29 bits per heavy atom. The van der Waals surface area contributed by atoms with Crippen LogP contribution in [0.5, 0.6) is 5.75 Å². The summed E-state index contributed by atoms with van der Waals surface area (Å²) in [6.07, 6.45) is 2.60. The van der Waals surface area contributed by atoms with Crippen LogP contribution in [-0.4, -0.2) is 27.7 Å². The van der Waals surface area contributed by atoms with Gasteiger partial charge in [-0.2, -0.15) is 5.10 Å². The third-order valence-corrected chi connectivity index (χ3v) is 3.78. The van der Waals surface area contributed by atoms with Crippen molar-refractivity contribution in [2.24, 2.45) is 0 Å². The highest BCUT2D eigenvalue weighted by molar-refractivity contribution is 5.28. The van der Waals surface area contributed by atoms with Gasteiger partial charge in [-0.1, -0.05) is 12.1 Å². The summed E-state index contributed by atoms with van der Waals surface area (Å²) < 4.78 is 5.59. The highest BCUT2D eigenvalue weighted by atomic mass is 16.5. The average Bonchev–Trinajstić information content (AvgIpc) is 3.23. The molecule has 2 aromatic rings. The number of aromatic amines is 1. The van der Waals surface area contributed by atoms with Crippen LogP contribution in [0.15, 0.2) is 30.3 Å². The second-order valence-electron chi connectivity index (χ2n) is 5.76. The number of rotatable bonds is 7. The molecular formula is C17H23N3O. The maximum atomic E-state index is 5.59. The van der Waals surface area contributed by atoms with Crippen LogP contribution in [0.25, 0.3) is 0 Å². The summed E-state index contributed by atoms with van der Waals surface area (Å²) in [5, 5.41) is 7.39. The quantitative estimate of drug-likeness (QED) is 0.848. The molecular weight excluding hydrogens is 262 g/mol. The minimum atomic E-state index is 0.706. The highest BCUT2D eigenvalue weighted by Crippen LogP contribution is 2.30. The molecule has 0 bridgehead atoms. The summed E-state index contributed by atoms with van der Waals surface area (Å²) in [5.41, 5.74) is 3.56. The molecule has 3 rings (SSSR count). The number of H-pyrrole nitrogens is 1. The fourth-order valence-corrected chi connectivity index (χ4v) is 2.65. The number of nitrogens with zero attached hydrogens (tertiary/aromatic N) is 2. The largest absolute Gasteiger partial charge is 0.494 e. The van der Waals surface area contributed by atoms with Crippen LogP contribution in [0.3, 0.4) is 0 Å². The van der Waals surface area contributed by atoms with Gasteiger partial charge in [-0.05, 0) is 50.5 Å². The van der Waals surface area contributed by atoms with Crippen LogP contribution in [0, 0.1) is 6.92 Å². The van der Waals surface area contributed by atoms with Crippen molar-refractivity contribution in [3.63, 3.8) is 0 Å². The molecule has 1 aliphatic carbocycles. The van der Waals surface area contributed by atoms with E-state index in [9.17, 15) is 0 Å². The Bertz CT molecular complexity index is 589. The first-order chi connectivity index (χ1) is 10.2. The summed E-state index contributed by atoms with van der Waals surface area (Å²) in [6, 6.07) is 11.3. The zero-order valence-corrected chi connectivity index (χ0v) is 12.8. The molecule has 21 heavy (non-hydrogen) atoms. The van der Waals surface area contributed by atoms with Crippen molar-refractivity contribution in [1.82, 2.24) is 15.1 Å². The second-order valence-corrected chi connectivity index (χ2v) is 5.76. The fraction of sp³-hybridized carbons (Fsp3) is 0.471. The molecule has 1 N–H and O–H groups in total. The molecule has 1 aliphatic rings. The van der Waals surface area contributed by atoms with E-state index >= 15 is 0 Å². The van der Waals surface area contributed by atoms with Crippen molar-refractivity contribution < 1.29 is 4.74 Å². The van der Waals surface area contributed by atoms with Gasteiger partial charge < -0.3 is 4.74 Å². The fourth-order valence-electron chi connectivity index (χ4n) is 2.65. The molecule has 1 aromatic carbocycles. The van der Waals surface area contributed by atoms with Crippen LogP contribution >= 0.6 is 0 Å². The van der Waals surface area contributed by atoms with Crippen molar-refractivity contribution in [1.29, 1.82) is 0 Å².